The van der Waals surface area contributed by atoms with Gasteiger partial charge in [-0.25, -0.2) is 14.3 Å². The number of rotatable bonds is 2. The molecule has 1 saturated carbocycles. The van der Waals surface area contributed by atoms with Gasteiger partial charge in [-0.05, 0) is 43.9 Å². The molecule has 2 N–H and O–H groups in total. The molecule has 2 bridgehead atoms. The molecule has 1 aliphatic heterocycles. The van der Waals surface area contributed by atoms with Crippen molar-refractivity contribution in [1.29, 1.82) is 0 Å². The fraction of sp³-hybridized carbons (Fsp3) is 0.304. The lowest BCUT2D eigenvalue weighted by Crippen LogP contribution is -2.11. The maximum absolute atomic E-state index is 6.36. The maximum atomic E-state index is 6.36. The summed E-state index contributed by atoms with van der Waals surface area (Å²) < 4.78 is 10.0. The van der Waals surface area contributed by atoms with Crippen LogP contribution in [0, 0.1) is 12.8 Å². The van der Waals surface area contributed by atoms with E-state index in [0.29, 0.717) is 35.7 Å². The Morgan fingerprint density at radius 3 is 2.94 bits per heavy atom. The van der Waals surface area contributed by atoms with Crippen molar-refractivity contribution in [3.05, 3.63) is 64.2 Å². The highest BCUT2D eigenvalue weighted by atomic mass is 35.5. The molecular weight excluding hydrogens is 426 g/mol. The van der Waals surface area contributed by atoms with Crippen LogP contribution in [-0.2, 0) is 19.6 Å². The topological polar surface area (TPSA) is 96.7 Å². The molecule has 1 fully saturated rings. The minimum Gasteiger partial charge on any atom is -0.485 e. The van der Waals surface area contributed by atoms with Gasteiger partial charge in [-0.2, -0.15) is 5.10 Å². The van der Waals surface area contributed by atoms with Crippen LogP contribution in [0.2, 0.25) is 5.15 Å². The molecule has 6 rings (SSSR count). The Kier molecular flexibility index (Phi) is 4.43. The van der Waals surface area contributed by atoms with E-state index >= 15 is 0 Å². The fourth-order valence-electron chi connectivity index (χ4n) is 4.24. The molecule has 0 amide bonds. The number of fused-ring (bicyclic) bond motifs is 7. The molecule has 1 aliphatic carbocycles. The lowest BCUT2D eigenvalue weighted by Gasteiger charge is -2.17. The molecule has 2 aliphatic rings. The van der Waals surface area contributed by atoms with Gasteiger partial charge >= 0.3 is 0 Å². The first-order valence-corrected chi connectivity index (χ1v) is 11.1. The van der Waals surface area contributed by atoms with Crippen LogP contribution in [0.25, 0.3) is 16.9 Å². The van der Waals surface area contributed by atoms with E-state index < -0.39 is 0 Å². The zero-order chi connectivity index (χ0) is 21.8. The number of aryl methyl sites for hydroxylation is 1. The predicted molar refractivity (Wildman–Crippen MR) is 121 cm³/mol. The molecule has 162 valence electrons. The van der Waals surface area contributed by atoms with Crippen LogP contribution < -0.4 is 10.5 Å². The molecule has 0 saturated heterocycles. The van der Waals surface area contributed by atoms with Crippen molar-refractivity contribution in [3.8, 4) is 22.7 Å². The number of halogens is 1. The molecule has 0 spiro atoms. The molecular formula is C23H22ClN7O. The summed E-state index contributed by atoms with van der Waals surface area (Å²) >= 11 is 6.36. The van der Waals surface area contributed by atoms with Gasteiger partial charge < -0.3 is 10.5 Å². The highest BCUT2D eigenvalue weighted by Crippen LogP contribution is 2.35. The van der Waals surface area contributed by atoms with E-state index in [9.17, 15) is 0 Å². The quantitative estimate of drug-likeness (QED) is 0.499. The van der Waals surface area contributed by atoms with Gasteiger partial charge in [-0.15, -0.1) is 5.10 Å². The molecule has 0 radical (unpaired) electrons. The first-order valence-electron chi connectivity index (χ1n) is 10.7. The Hall–Kier alpha value is -3.39. The number of aromatic nitrogens is 6. The van der Waals surface area contributed by atoms with Crippen molar-refractivity contribution in [2.75, 3.05) is 5.73 Å². The van der Waals surface area contributed by atoms with Gasteiger partial charge in [-0.3, -0.25) is 0 Å². The predicted octanol–water partition coefficient (Wildman–Crippen LogP) is 3.96. The standard InChI is InChI=1S/C23H22ClN7O/c1-13-2-5-19-16(6-13)12-32-20-7-15(10-26-23(20)25)22-18(8-17-9-21(24)28-31(17)19)27-29-30(22)11-14-3-4-14/h2,5-7,9-10,14H,3-4,8,11-12H2,1H3,(H2,25,26). The van der Waals surface area contributed by atoms with Crippen LogP contribution in [0.1, 0.15) is 35.4 Å². The Morgan fingerprint density at radius 1 is 1.22 bits per heavy atom. The Morgan fingerprint density at radius 2 is 2.09 bits per heavy atom. The van der Waals surface area contributed by atoms with E-state index in [4.69, 9.17) is 22.1 Å². The van der Waals surface area contributed by atoms with Crippen LogP contribution in [0.15, 0.2) is 36.5 Å². The number of benzene rings is 1. The largest absolute Gasteiger partial charge is 0.485 e. The zero-order valence-corrected chi connectivity index (χ0v) is 18.4. The van der Waals surface area contributed by atoms with Crippen LogP contribution in [0.5, 0.6) is 5.75 Å². The second-order valence-electron chi connectivity index (χ2n) is 8.59. The Balaban J connectivity index is 1.57. The van der Waals surface area contributed by atoms with Crippen LogP contribution in [0.3, 0.4) is 0 Å². The smallest absolute Gasteiger partial charge is 0.166 e. The summed E-state index contributed by atoms with van der Waals surface area (Å²) in [5.41, 5.74) is 12.8. The molecule has 4 heterocycles. The number of pyridine rings is 1. The van der Waals surface area contributed by atoms with Gasteiger partial charge in [0.05, 0.1) is 22.8 Å². The average Bonchev–Trinajstić information content (AvgIpc) is 3.39. The number of hydrogen-bond acceptors (Lipinski definition) is 6. The van der Waals surface area contributed by atoms with Crippen molar-refractivity contribution >= 4 is 17.4 Å². The monoisotopic (exact) mass is 447 g/mol. The van der Waals surface area contributed by atoms with Gasteiger partial charge in [0.25, 0.3) is 0 Å². The minimum atomic E-state index is 0.329. The van der Waals surface area contributed by atoms with E-state index in [1.807, 2.05) is 34.5 Å². The average molecular weight is 448 g/mol. The van der Waals surface area contributed by atoms with E-state index in [0.717, 1.165) is 46.0 Å². The highest BCUT2D eigenvalue weighted by molar-refractivity contribution is 6.29. The summed E-state index contributed by atoms with van der Waals surface area (Å²) in [7, 11) is 0. The van der Waals surface area contributed by atoms with E-state index in [1.165, 1.54) is 12.8 Å². The second kappa shape index (κ2) is 7.34. The molecule has 0 atom stereocenters. The van der Waals surface area contributed by atoms with Gasteiger partial charge in [0.2, 0.25) is 0 Å². The maximum Gasteiger partial charge on any atom is 0.166 e. The highest BCUT2D eigenvalue weighted by Gasteiger charge is 2.27. The van der Waals surface area contributed by atoms with Crippen molar-refractivity contribution in [3.63, 3.8) is 0 Å². The molecule has 8 nitrogen and oxygen atoms in total. The molecule has 4 aromatic rings. The zero-order valence-electron chi connectivity index (χ0n) is 17.6. The number of hydrogen-bond donors (Lipinski definition) is 1. The van der Waals surface area contributed by atoms with Crippen LogP contribution in [0.4, 0.5) is 5.82 Å². The fourth-order valence-corrected chi connectivity index (χ4v) is 4.44. The third kappa shape index (κ3) is 3.40. The SMILES string of the molecule is Cc1ccc2c(c1)COc1cc(cnc1N)-c1c(nnn1CC1CC1)Cc1cc(Cl)nn1-2. The Bertz CT molecular complexity index is 1340. The summed E-state index contributed by atoms with van der Waals surface area (Å²) in [6.45, 7) is 3.22. The van der Waals surface area contributed by atoms with Gasteiger partial charge in [0.1, 0.15) is 6.61 Å². The van der Waals surface area contributed by atoms with Gasteiger partial charge in [0, 0.05) is 30.3 Å². The van der Waals surface area contributed by atoms with Crippen molar-refractivity contribution < 1.29 is 4.74 Å². The molecule has 0 unspecified atom stereocenters. The van der Waals surface area contributed by atoms with Crippen LogP contribution in [-0.4, -0.2) is 29.8 Å². The van der Waals surface area contributed by atoms with Gasteiger partial charge in [-0.1, -0.05) is 34.5 Å². The first kappa shape index (κ1) is 19.3. The normalized spacial score (nSPS) is 15.1. The molecule has 32 heavy (non-hydrogen) atoms. The first-order chi connectivity index (χ1) is 15.5. The summed E-state index contributed by atoms with van der Waals surface area (Å²) in [5.74, 6) is 1.54. The number of anilines is 1. The number of ether oxygens (including phenoxy) is 1. The lowest BCUT2D eigenvalue weighted by molar-refractivity contribution is 0.306. The summed E-state index contributed by atoms with van der Waals surface area (Å²) in [6, 6.07) is 10.0. The summed E-state index contributed by atoms with van der Waals surface area (Å²) in [6.07, 6.45) is 4.75. The van der Waals surface area contributed by atoms with E-state index in [2.05, 4.69) is 32.5 Å². The Labute approximate surface area is 190 Å². The third-order valence-corrected chi connectivity index (χ3v) is 6.22. The lowest BCUT2D eigenvalue weighted by atomic mass is 10.1. The molecule has 1 aromatic carbocycles. The number of nitrogens with zero attached hydrogens (tertiary/aromatic N) is 6. The molecule has 9 heteroatoms. The van der Waals surface area contributed by atoms with E-state index in [1.54, 1.807) is 6.20 Å². The van der Waals surface area contributed by atoms with Gasteiger partial charge in [0.15, 0.2) is 16.7 Å². The second-order valence-corrected chi connectivity index (χ2v) is 8.97. The number of nitrogens with two attached hydrogens (primary N) is 1. The summed E-state index contributed by atoms with van der Waals surface area (Å²) in [5, 5.41) is 14.0. The number of nitrogen functional groups attached to an aromatic ring is 1. The van der Waals surface area contributed by atoms with Crippen molar-refractivity contribution in [1.82, 2.24) is 29.8 Å². The van der Waals surface area contributed by atoms with Crippen molar-refractivity contribution in [2.45, 2.75) is 39.3 Å². The minimum absolute atomic E-state index is 0.329. The molecule has 3 aromatic heterocycles. The van der Waals surface area contributed by atoms with E-state index in [-0.39, 0.29) is 0 Å². The third-order valence-electron chi connectivity index (χ3n) is 6.04. The summed E-state index contributed by atoms with van der Waals surface area (Å²) in [4.78, 5) is 4.41. The van der Waals surface area contributed by atoms with Crippen LogP contribution >= 0.6 is 11.6 Å². The van der Waals surface area contributed by atoms with Crippen molar-refractivity contribution in [2.24, 2.45) is 5.92 Å².